The Balaban J connectivity index is 1.60. The van der Waals surface area contributed by atoms with Crippen molar-refractivity contribution in [1.82, 2.24) is 14.9 Å². The molecule has 0 atom stereocenters. The Morgan fingerprint density at radius 1 is 1.03 bits per heavy atom. The first-order chi connectivity index (χ1) is 18.1. The van der Waals surface area contributed by atoms with Crippen molar-refractivity contribution in [3.05, 3.63) is 107 Å². The smallest absolute Gasteiger partial charge is 0.375 e. The minimum Gasteiger partial charge on any atom is -0.375 e. The van der Waals surface area contributed by atoms with Gasteiger partial charge < -0.3 is 9.88 Å². The molecule has 38 heavy (non-hydrogen) atoms. The predicted octanol–water partition coefficient (Wildman–Crippen LogP) is 7.69. The average molecular weight is 517 g/mol. The number of allylic oxidation sites excluding steroid dienone is 1. The number of H-pyrrole nitrogens is 1. The number of fused-ring (bicyclic) bond motifs is 1. The third-order valence-corrected chi connectivity index (χ3v) is 6.87. The van der Waals surface area contributed by atoms with Crippen LogP contribution in [0.1, 0.15) is 42.3 Å². The van der Waals surface area contributed by atoms with E-state index in [9.17, 15) is 22.8 Å². The molecule has 192 valence electrons. The van der Waals surface area contributed by atoms with Gasteiger partial charge >= 0.3 is 6.18 Å². The second-order valence-electron chi connectivity index (χ2n) is 9.40. The maximum Gasteiger partial charge on any atom is 0.419 e. The lowest BCUT2D eigenvalue weighted by Crippen LogP contribution is -2.29. The predicted molar refractivity (Wildman–Crippen MR) is 139 cm³/mol. The number of aromatic nitrogens is 2. The molecule has 0 unspecified atom stereocenters. The molecule has 0 amide bonds. The maximum absolute atomic E-state index is 14.3. The van der Waals surface area contributed by atoms with E-state index in [1.165, 1.54) is 0 Å². The third kappa shape index (κ3) is 4.92. The Bertz CT molecular complexity index is 1590. The van der Waals surface area contributed by atoms with Crippen LogP contribution in [0.4, 0.5) is 17.6 Å². The number of nitrogens with one attached hydrogen (secondary N) is 1. The van der Waals surface area contributed by atoms with E-state index in [-0.39, 0.29) is 11.0 Å². The van der Waals surface area contributed by atoms with E-state index in [1.54, 1.807) is 6.07 Å². The number of likely N-dealkylation sites (tertiary alicyclic amines) is 1. The van der Waals surface area contributed by atoms with Crippen LogP contribution in [0, 0.1) is 17.1 Å². The molecule has 4 nitrogen and oxygen atoms in total. The van der Waals surface area contributed by atoms with Crippen LogP contribution < -0.4 is 0 Å². The van der Waals surface area contributed by atoms with E-state index >= 15 is 0 Å². The topological polar surface area (TPSA) is 55.7 Å². The minimum atomic E-state index is -4.81. The molecule has 1 aliphatic rings. The van der Waals surface area contributed by atoms with Crippen LogP contribution in [0.3, 0.4) is 0 Å². The molecular formula is C30H24F4N4. The minimum absolute atomic E-state index is 0.121. The fourth-order valence-electron chi connectivity index (χ4n) is 4.88. The van der Waals surface area contributed by atoms with Crippen LogP contribution in [-0.2, 0) is 6.18 Å². The molecule has 0 bridgehead atoms. The van der Waals surface area contributed by atoms with Crippen molar-refractivity contribution in [2.24, 2.45) is 0 Å². The number of nitrogens with zero attached hydrogens (tertiary/aromatic N) is 3. The van der Waals surface area contributed by atoms with Gasteiger partial charge in [-0.25, -0.2) is 9.37 Å². The fraction of sp³-hybridized carbons (Fsp3) is 0.200. The van der Waals surface area contributed by atoms with E-state index in [0.717, 1.165) is 71.6 Å². The van der Waals surface area contributed by atoms with Gasteiger partial charge in [0.15, 0.2) is 0 Å². The number of piperidine rings is 1. The molecule has 1 saturated heterocycles. The van der Waals surface area contributed by atoms with Crippen LogP contribution in [0.2, 0.25) is 0 Å². The quantitative estimate of drug-likeness (QED) is 0.283. The number of hydrogen-bond donors (Lipinski definition) is 1. The molecule has 0 spiro atoms. The summed E-state index contributed by atoms with van der Waals surface area (Å²) in [6, 6.07) is 18.8. The highest BCUT2D eigenvalue weighted by Crippen LogP contribution is 2.36. The Labute approximate surface area is 217 Å². The number of nitriles is 1. The molecule has 4 aromatic rings. The number of rotatable bonds is 4. The third-order valence-electron chi connectivity index (χ3n) is 6.87. The zero-order chi connectivity index (χ0) is 27.0. The lowest BCUT2D eigenvalue weighted by Gasteiger charge is -2.31. The van der Waals surface area contributed by atoms with E-state index in [0.29, 0.717) is 11.4 Å². The SMILES string of the molecule is C=C(C)N1CCC(=C(c2ccc(-c3cccc(C#N)c3)cc2)c2nc3cc(F)c(C(F)(F)F)cc3[nH]2)CC1. The Hall–Kier alpha value is -4.38. The lowest BCUT2D eigenvalue weighted by atomic mass is 9.91. The maximum atomic E-state index is 14.3. The molecule has 0 aliphatic carbocycles. The van der Waals surface area contributed by atoms with Crippen molar-refractivity contribution in [3.63, 3.8) is 0 Å². The molecule has 0 saturated carbocycles. The summed E-state index contributed by atoms with van der Waals surface area (Å²) in [6.45, 7) is 7.51. The summed E-state index contributed by atoms with van der Waals surface area (Å²) in [5.41, 5.74) is 5.05. The molecule has 1 aromatic heterocycles. The Morgan fingerprint density at radius 3 is 2.37 bits per heavy atom. The first-order valence-electron chi connectivity index (χ1n) is 12.1. The first kappa shape index (κ1) is 25.3. The van der Waals surface area contributed by atoms with Gasteiger partial charge in [-0.05, 0) is 54.7 Å². The van der Waals surface area contributed by atoms with E-state index in [2.05, 4.69) is 27.5 Å². The van der Waals surface area contributed by atoms with Gasteiger partial charge in [-0.1, -0.05) is 48.6 Å². The second kappa shape index (κ2) is 9.82. The summed E-state index contributed by atoms with van der Waals surface area (Å²) >= 11 is 0. The summed E-state index contributed by atoms with van der Waals surface area (Å²) in [7, 11) is 0. The van der Waals surface area contributed by atoms with Crippen LogP contribution in [0.15, 0.2) is 78.5 Å². The zero-order valence-electron chi connectivity index (χ0n) is 20.7. The second-order valence-corrected chi connectivity index (χ2v) is 9.40. The van der Waals surface area contributed by atoms with Crippen LogP contribution >= 0.6 is 0 Å². The van der Waals surface area contributed by atoms with E-state index in [1.807, 2.05) is 49.4 Å². The Morgan fingerprint density at radius 2 is 1.74 bits per heavy atom. The molecule has 1 fully saturated rings. The highest BCUT2D eigenvalue weighted by atomic mass is 19.4. The number of benzene rings is 3. The average Bonchev–Trinajstić information content (AvgIpc) is 3.30. The van der Waals surface area contributed by atoms with Crippen molar-refractivity contribution in [1.29, 1.82) is 5.26 Å². The number of halogens is 4. The monoisotopic (exact) mass is 516 g/mol. The van der Waals surface area contributed by atoms with Gasteiger partial charge in [-0.2, -0.15) is 18.4 Å². The van der Waals surface area contributed by atoms with Gasteiger partial charge in [0, 0.05) is 30.4 Å². The summed E-state index contributed by atoms with van der Waals surface area (Å²) < 4.78 is 54.2. The van der Waals surface area contributed by atoms with Gasteiger partial charge in [0.2, 0.25) is 0 Å². The largest absolute Gasteiger partial charge is 0.419 e. The molecule has 2 heterocycles. The van der Waals surface area contributed by atoms with Crippen molar-refractivity contribution < 1.29 is 17.6 Å². The molecule has 0 radical (unpaired) electrons. The van der Waals surface area contributed by atoms with Crippen LogP contribution in [0.25, 0.3) is 27.7 Å². The number of aromatic amines is 1. The molecule has 8 heteroatoms. The molecule has 5 rings (SSSR count). The molecule has 1 N–H and O–H groups in total. The van der Waals surface area contributed by atoms with Gasteiger partial charge in [-0.15, -0.1) is 0 Å². The number of imidazole rings is 1. The molecular weight excluding hydrogens is 492 g/mol. The highest BCUT2D eigenvalue weighted by Gasteiger charge is 2.35. The van der Waals surface area contributed by atoms with E-state index in [4.69, 9.17) is 0 Å². The summed E-state index contributed by atoms with van der Waals surface area (Å²) in [5, 5.41) is 9.23. The number of hydrogen-bond acceptors (Lipinski definition) is 3. The zero-order valence-corrected chi connectivity index (χ0v) is 20.7. The summed E-state index contributed by atoms with van der Waals surface area (Å²) in [6.07, 6.45) is -3.35. The van der Waals surface area contributed by atoms with Gasteiger partial charge in [0.05, 0.1) is 28.2 Å². The lowest BCUT2D eigenvalue weighted by molar-refractivity contribution is -0.139. The summed E-state index contributed by atoms with van der Waals surface area (Å²) in [5.74, 6) is -0.951. The normalized spacial score (nSPS) is 14.0. The van der Waals surface area contributed by atoms with Crippen molar-refractivity contribution in [3.8, 4) is 17.2 Å². The van der Waals surface area contributed by atoms with Crippen molar-refractivity contribution in [2.75, 3.05) is 13.1 Å². The molecule has 1 aliphatic heterocycles. The molecule has 3 aromatic carbocycles. The standard InChI is InChI=1S/C30H24F4N4/c1-18(2)38-12-10-22(11-13-38)28(21-8-6-20(7-9-21)23-5-3-4-19(14-23)17-35)29-36-26-15-24(30(32,33)34)25(31)16-27(26)37-29/h3-9,14-16H,1,10-13H2,2H3,(H,36,37). The number of alkyl halides is 3. The van der Waals surface area contributed by atoms with Crippen molar-refractivity contribution >= 4 is 16.6 Å². The van der Waals surface area contributed by atoms with Crippen LogP contribution in [-0.4, -0.2) is 28.0 Å². The highest BCUT2D eigenvalue weighted by molar-refractivity contribution is 5.86. The van der Waals surface area contributed by atoms with Gasteiger partial charge in [0.1, 0.15) is 11.6 Å². The summed E-state index contributed by atoms with van der Waals surface area (Å²) in [4.78, 5) is 9.73. The van der Waals surface area contributed by atoms with Gasteiger partial charge in [-0.3, -0.25) is 0 Å². The van der Waals surface area contributed by atoms with Crippen LogP contribution in [0.5, 0.6) is 0 Å². The fourth-order valence-corrected chi connectivity index (χ4v) is 4.88. The Kier molecular flexibility index (Phi) is 6.53. The van der Waals surface area contributed by atoms with Crippen molar-refractivity contribution in [2.45, 2.75) is 25.9 Å². The first-order valence-corrected chi connectivity index (χ1v) is 12.1. The van der Waals surface area contributed by atoms with Gasteiger partial charge in [0.25, 0.3) is 0 Å². The van der Waals surface area contributed by atoms with E-state index < -0.39 is 17.6 Å².